The zero-order valence-electron chi connectivity index (χ0n) is 11.9. The van der Waals surface area contributed by atoms with Crippen molar-refractivity contribution in [3.8, 4) is 0 Å². The lowest BCUT2D eigenvalue weighted by molar-refractivity contribution is -0.387. The molecule has 1 aliphatic rings. The Kier molecular flexibility index (Phi) is 4.92. The Morgan fingerprint density at radius 1 is 1.43 bits per heavy atom. The number of para-hydroxylation sites is 1. The van der Waals surface area contributed by atoms with Crippen LogP contribution in [0.3, 0.4) is 0 Å². The van der Waals surface area contributed by atoms with E-state index in [0.29, 0.717) is 25.9 Å². The summed E-state index contributed by atoms with van der Waals surface area (Å²) < 4.78 is 27.1. The van der Waals surface area contributed by atoms with Gasteiger partial charge >= 0.3 is 0 Å². The molecule has 1 fully saturated rings. The smallest absolute Gasteiger partial charge is 0.289 e. The Labute approximate surface area is 124 Å². The highest BCUT2D eigenvalue weighted by Crippen LogP contribution is 2.28. The van der Waals surface area contributed by atoms with Gasteiger partial charge < -0.3 is 5.32 Å². The summed E-state index contributed by atoms with van der Waals surface area (Å²) in [6, 6.07) is 5.33. The molecule has 116 valence electrons. The molecule has 0 unspecified atom stereocenters. The van der Waals surface area contributed by atoms with Gasteiger partial charge in [0.25, 0.3) is 5.69 Å². The van der Waals surface area contributed by atoms with Gasteiger partial charge in [0, 0.05) is 25.2 Å². The zero-order chi connectivity index (χ0) is 15.5. The third-order valence-corrected chi connectivity index (χ3v) is 5.64. The highest BCUT2D eigenvalue weighted by molar-refractivity contribution is 7.89. The predicted molar refractivity (Wildman–Crippen MR) is 78.6 cm³/mol. The van der Waals surface area contributed by atoms with Crippen molar-refractivity contribution in [3.05, 3.63) is 34.4 Å². The summed E-state index contributed by atoms with van der Waals surface area (Å²) in [7, 11) is -3.87. The van der Waals surface area contributed by atoms with Crippen LogP contribution < -0.4 is 5.32 Å². The minimum Gasteiger partial charge on any atom is -0.315 e. The monoisotopic (exact) mass is 313 g/mol. The molecule has 0 spiro atoms. The van der Waals surface area contributed by atoms with Gasteiger partial charge in [-0.2, -0.15) is 4.31 Å². The van der Waals surface area contributed by atoms with Gasteiger partial charge in [-0.15, -0.1) is 0 Å². The Morgan fingerprint density at radius 2 is 2.14 bits per heavy atom. The number of nitrogens with zero attached hydrogens (tertiary/aromatic N) is 2. The molecule has 1 heterocycles. The fourth-order valence-corrected chi connectivity index (χ4v) is 4.43. The maximum Gasteiger partial charge on any atom is 0.289 e. The first-order valence-corrected chi connectivity index (χ1v) is 8.38. The molecule has 0 bridgehead atoms. The highest BCUT2D eigenvalue weighted by Gasteiger charge is 2.35. The average Bonchev–Trinajstić information content (AvgIpc) is 2.72. The highest BCUT2D eigenvalue weighted by atomic mass is 32.2. The summed E-state index contributed by atoms with van der Waals surface area (Å²) >= 11 is 0. The van der Waals surface area contributed by atoms with Crippen molar-refractivity contribution in [3.63, 3.8) is 0 Å². The molecule has 0 aromatic heterocycles. The first-order chi connectivity index (χ1) is 9.98. The van der Waals surface area contributed by atoms with Crippen LogP contribution in [0.5, 0.6) is 0 Å². The predicted octanol–water partition coefficient (Wildman–Crippen LogP) is 1.36. The van der Waals surface area contributed by atoms with Crippen molar-refractivity contribution in [2.75, 3.05) is 19.6 Å². The molecular formula is C13H19N3O4S. The number of nitro benzene ring substituents is 1. The minimum atomic E-state index is -3.87. The Morgan fingerprint density at radius 3 is 2.81 bits per heavy atom. The normalized spacial score (nSPS) is 20.9. The summed E-state index contributed by atoms with van der Waals surface area (Å²) in [6.07, 6.45) is 1.35. The lowest BCUT2D eigenvalue weighted by atomic mass is 10.2. The van der Waals surface area contributed by atoms with Gasteiger partial charge in [0.1, 0.15) is 0 Å². The zero-order valence-corrected chi connectivity index (χ0v) is 12.7. The summed E-state index contributed by atoms with van der Waals surface area (Å²) in [5, 5.41) is 14.3. The third kappa shape index (κ3) is 3.22. The average molecular weight is 313 g/mol. The number of nitrogens with one attached hydrogen (secondary N) is 1. The molecule has 21 heavy (non-hydrogen) atoms. The second-order valence-electron chi connectivity index (χ2n) is 4.96. The quantitative estimate of drug-likeness (QED) is 0.669. The number of rotatable bonds is 4. The molecule has 0 saturated carbocycles. The van der Waals surface area contributed by atoms with Crippen LogP contribution in [-0.2, 0) is 10.0 Å². The molecule has 1 N–H and O–H groups in total. The molecule has 1 aromatic carbocycles. The van der Waals surface area contributed by atoms with Gasteiger partial charge in [-0.25, -0.2) is 8.42 Å². The van der Waals surface area contributed by atoms with Crippen molar-refractivity contribution < 1.29 is 13.3 Å². The van der Waals surface area contributed by atoms with Crippen molar-refractivity contribution in [2.24, 2.45) is 0 Å². The molecule has 8 heteroatoms. The second-order valence-corrected chi connectivity index (χ2v) is 6.82. The van der Waals surface area contributed by atoms with Gasteiger partial charge in [0.2, 0.25) is 10.0 Å². The van der Waals surface area contributed by atoms with Crippen LogP contribution in [0.2, 0.25) is 0 Å². The Balaban J connectivity index is 2.47. The molecule has 1 aliphatic heterocycles. The molecular weight excluding hydrogens is 294 g/mol. The van der Waals surface area contributed by atoms with Crippen LogP contribution in [0.25, 0.3) is 0 Å². The van der Waals surface area contributed by atoms with E-state index in [0.717, 1.165) is 6.54 Å². The first kappa shape index (κ1) is 15.9. The van der Waals surface area contributed by atoms with Crippen LogP contribution in [0.4, 0.5) is 5.69 Å². The van der Waals surface area contributed by atoms with Crippen molar-refractivity contribution in [1.82, 2.24) is 9.62 Å². The first-order valence-electron chi connectivity index (χ1n) is 6.94. The number of benzene rings is 1. The van der Waals surface area contributed by atoms with E-state index in [4.69, 9.17) is 0 Å². The maximum absolute atomic E-state index is 12.8. The molecule has 7 nitrogen and oxygen atoms in total. The van der Waals surface area contributed by atoms with Crippen LogP contribution in [-0.4, -0.2) is 43.3 Å². The minimum absolute atomic E-state index is 0.183. The van der Waals surface area contributed by atoms with Gasteiger partial charge in [-0.1, -0.05) is 19.1 Å². The van der Waals surface area contributed by atoms with Gasteiger partial charge in [-0.05, 0) is 25.5 Å². The van der Waals surface area contributed by atoms with Gasteiger partial charge in [0.15, 0.2) is 4.90 Å². The molecule has 0 aliphatic carbocycles. The van der Waals surface area contributed by atoms with E-state index < -0.39 is 14.9 Å². The Bertz CT molecular complexity index is 618. The number of sulfonamides is 1. The van der Waals surface area contributed by atoms with Crippen molar-refractivity contribution >= 4 is 15.7 Å². The van der Waals surface area contributed by atoms with Crippen molar-refractivity contribution in [1.29, 1.82) is 0 Å². The van der Waals surface area contributed by atoms with E-state index in [1.54, 1.807) is 0 Å². The molecule has 0 radical (unpaired) electrons. The Hall–Kier alpha value is -1.51. The fraction of sp³-hybridized carbons (Fsp3) is 0.538. The summed E-state index contributed by atoms with van der Waals surface area (Å²) in [4.78, 5) is 10.2. The van der Waals surface area contributed by atoms with Crippen LogP contribution >= 0.6 is 0 Å². The number of nitro groups is 1. The molecule has 2 rings (SSSR count). The fourth-order valence-electron chi connectivity index (χ4n) is 2.53. The maximum atomic E-state index is 12.8. The molecule has 1 saturated heterocycles. The summed E-state index contributed by atoms with van der Waals surface area (Å²) in [5.41, 5.74) is -0.371. The van der Waals surface area contributed by atoms with Gasteiger partial charge in [-0.3, -0.25) is 10.1 Å². The lowest BCUT2D eigenvalue weighted by Gasteiger charge is -2.27. The van der Waals surface area contributed by atoms with Crippen LogP contribution in [0.1, 0.15) is 19.8 Å². The van der Waals surface area contributed by atoms with E-state index in [1.807, 2.05) is 6.92 Å². The SMILES string of the molecule is CC[C@@H]1CNCCCN1S(=O)(=O)c1ccccc1[N+](=O)[O-]. The lowest BCUT2D eigenvalue weighted by Crippen LogP contribution is -2.43. The van der Waals surface area contributed by atoms with Crippen LogP contribution in [0.15, 0.2) is 29.2 Å². The summed E-state index contributed by atoms with van der Waals surface area (Å²) in [5.74, 6) is 0. The number of hydrogen-bond acceptors (Lipinski definition) is 5. The second kappa shape index (κ2) is 6.50. The molecule has 0 amide bonds. The largest absolute Gasteiger partial charge is 0.315 e. The van der Waals surface area contributed by atoms with E-state index in [-0.39, 0.29) is 16.6 Å². The topological polar surface area (TPSA) is 92.6 Å². The van der Waals surface area contributed by atoms with Crippen LogP contribution in [0, 0.1) is 10.1 Å². The van der Waals surface area contributed by atoms with Gasteiger partial charge in [0.05, 0.1) is 4.92 Å². The number of hydrogen-bond donors (Lipinski definition) is 1. The van der Waals surface area contributed by atoms with Crippen molar-refractivity contribution in [2.45, 2.75) is 30.7 Å². The van der Waals surface area contributed by atoms with E-state index in [9.17, 15) is 18.5 Å². The molecule has 1 atom stereocenters. The van der Waals surface area contributed by atoms with E-state index in [2.05, 4.69) is 5.32 Å². The third-order valence-electron chi connectivity index (χ3n) is 3.64. The van der Waals surface area contributed by atoms with E-state index in [1.165, 1.54) is 28.6 Å². The summed E-state index contributed by atoms with van der Waals surface area (Å²) in [6.45, 7) is 3.61. The standard InChI is InChI=1S/C13H19N3O4S/c1-2-11-10-14-8-5-9-15(11)21(19,20)13-7-4-3-6-12(13)16(17)18/h3-4,6-7,11,14H,2,5,8-10H2,1H3/t11-/m1/s1. The molecule has 1 aromatic rings. The van der Waals surface area contributed by atoms with E-state index >= 15 is 0 Å².